The molecule has 132 valence electrons. The van der Waals surface area contributed by atoms with Crippen LogP contribution in [0.3, 0.4) is 0 Å². The Morgan fingerprint density at radius 2 is 1.92 bits per heavy atom. The molecule has 1 heterocycles. The van der Waals surface area contributed by atoms with Crippen LogP contribution in [0, 0.1) is 5.92 Å². The third kappa shape index (κ3) is 5.11. The number of anilines is 1. The summed E-state index contributed by atoms with van der Waals surface area (Å²) in [4.78, 5) is 25.7. The van der Waals surface area contributed by atoms with Crippen molar-refractivity contribution >= 4 is 29.9 Å². The molecule has 0 bridgehead atoms. The van der Waals surface area contributed by atoms with Crippen LogP contribution in [0.4, 0.5) is 5.69 Å². The smallest absolute Gasteiger partial charge is 0.260 e. The SMILES string of the molecule is Cl.NC1CCN(C(=O)COc2cccc(NC(=O)C3CC3)c2)CC1. The van der Waals surface area contributed by atoms with Crippen LogP contribution in [0.25, 0.3) is 0 Å². The molecule has 1 aliphatic carbocycles. The number of hydrogen-bond donors (Lipinski definition) is 2. The van der Waals surface area contributed by atoms with Crippen molar-refractivity contribution in [1.29, 1.82) is 0 Å². The molecule has 2 fully saturated rings. The first-order valence-electron chi connectivity index (χ1n) is 8.19. The standard InChI is InChI=1S/C17H23N3O3.ClH/c18-13-6-8-20(9-7-13)16(21)11-23-15-3-1-2-14(10-15)19-17(22)12-4-5-12;/h1-3,10,12-13H,4-9,11,18H2,(H,19,22);1H. The summed E-state index contributed by atoms with van der Waals surface area (Å²) in [7, 11) is 0. The molecular weight excluding hydrogens is 330 g/mol. The molecule has 3 rings (SSSR count). The van der Waals surface area contributed by atoms with Crippen molar-refractivity contribution in [3.8, 4) is 5.75 Å². The molecule has 24 heavy (non-hydrogen) atoms. The minimum Gasteiger partial charge on any atom is -0.484 e. The Labute approximate surface area is 148 Å². The predicted octanol–water partition coefficient (Wildman–Crippen LogP) is 1.79. The first kappa shape index (κ1) is 18.5. The predicted molar refractivity (Wildman–Crippen MR) is 94.3 cm³/mol. The van der Waals surface area contributed by atoms with Gasteiger partial charge in [-0.3, -0.25) is 9.59 Å². The van der Waals surface area contributed by atoms with Crippen molar-refractivity contribution < 1.29 is 14.3 Å². The minimum absolute atomic E-state index is 0. The number of likely N-dealkylation sites (tertiary alicyclic amines) is 1. The van der Waals surface area contributed by atoms with Crippen molar-refractivity contribution in [2.45, 2.75) is 31.7 Å². The van der Waals surface area contributed by atoms with Gasteiger partial charge in [-0.15, -0.1) is 12.4 Å². The second-order valence-electron chi connectivity index (χ2n) is 6.30. The molecule has 3 N–H and O–H groups in total. The zero-order valence-electron chi connectivity index (χ0n) is 13.6. The van der Waals surface area contributed by atoms with Crippen LogP contribution < -0.4 is 15.8 Å². The number of carbonyl (C=O) groups is 2. The van der Waals surface area contributed by atoms with Gasteiger partial charge in [-0.2, -0.15) is 0 Å². The molecule has 0 spiro atoms. The maximum atomic E-state index is 12.1. The van der Waals surface area contributed by atoms with E-state index in [2.05, 4.69) is 5.32 Å². The van der Waals surface area contributed by atoms with Crippen LogP contribution in [0.2, 0.25) is 0 Å². The van der Waals surface area contributed by atoms with Gasteiger partial charge in [0, 0.05) is 36.8 Å². The number of halogens is 1. The van der Waals surface area contributed by atoms with Crippen molar-refractivity contribution in [3.63, 3.8) is 0 Å². The van der Waals surface area contributed by atoms with E-state index in [0.717, 1.165) is 25.7 Å². The minimum atomic E-state index is -0.0238. The van der Waals surface area contributed by atoms with Gasteiger partial charge in [0.15, 0.2) is 6.61 Å². The number of ether oxygens (including phenoxy) is 1. The zero-order chi connectivity index (χ0) is 16.2. The van der Waals surface area contributed by atoms with E-state index in [0.29, 0.717) is 24.5 Å². The number of nitrogens with two attached hydrogens (primary N) is 1. The lowest BCUT2D eigenvalue weighted by atomic mass is 10.1. The van der Waals surface area contributed by atoms with Gasteiger partial charge in [-0.05, 0) is 37.8 Å². The fourth-order valence-corrected chi connectivity index (χ4v) is 2.64. The number of piperidine rings is 1. The lowest BCUT2D eigenvalue weighted by molar-refractivity contribution is -0.134. The number of rotatable bonds is 5. The normalized spacial score (nSPS) is 17.8. The van der Waals surface area contributed by atoms with Gasteiger partial charge in [0.05, 0.1) is 0 Å². The third-order valence-electron chi connectivity index (χ3n) is 4.30. The van der Waals surface area contributed by atoms with Crippen LogP contribution in [0.15, 0.2) is 24.3 Å². The molecule has 1 aromatic rings. The average molecular weight is 354 g/mol. The number of nitrogens with one attached hydrogen (secondary N) is 1. The number of amides is 2. The number of carbonyl (C=O) groups excluding carboxylic acids is 2. The molecule has 0 unspecified atom stereocenters. The summed E-state index contributed by atoms with van der Waals surface area (Å²) in [5.74, 6) is 0.777. The van der Waals surface area contributed by atoms with Gasteiger partial charge < -0.3 is 20.7 Å². The summed E-state index contributed by atoms with van der Waals surface area (Å²) >= 11 is 0. The topological polar surface area (TPSA) is 84.7 Å². The van der Waals surface area contributed by atoms with E-state index in [1.54, 1.807) is 17.0 Å². The summed E-state index contributed by atoms with van der Waals surface area (Å²) in [6.07, 6.45) is 3.62. The second-order valence-corrected chi connectivity index (χ2v) is 6.30. The highest BCUT2D eigenvalue weighted by Gasteiger charge is 2.29. The Hall–Kier alpha value is -1.79. The van der Waals surface area contributed by atoms with Crippen molar-refractivity contribution in [3.05, 3.63) is 24.3 Å². The van der Waals surface area contributed by atoms with E-state index in [-0.39, 0.29) is 42.8 Å². The number of nitrogens with zero attached hydrogens (tertiary/aromatic N) is 1. The molecule has 1 aliphatic heterocycles. The molecule has 1 saturated carbocycles. The van der Waals surface area contributed by atoms with Crippen molar-refractivity contribution in [2.75, 3.05) is 25.0 Å². The Balaban J connectivity index is 0.00000208. The van der Waals surface area contributed by atoms with Gasteiger partial charge in [0.25, 0.3) is 5.91 Å². The van der Waals surface area contributed by atoms with Crippen LogP contribution in [-0.4, -0.2) is 42.5 Å². The van der Waals surface area contributed by atoms with Crippen LogP contribution >= 0.6 is 12.4 Å². The summed E-state index contributed by atoms with van der Waals surface area (Å²) < 4.78 is 5.57. The summed E-state index contributed by atoms with van der Waals surface area (Å²) in [5, 5.41) is 2.87. The first-order chi connectivity index (χ1) is 11.1. The third-order valence-corrected chi connectivity index (χ3v) is 4.30. The average Bonchev–Trinajstić information content (AvgIpc) is 3.38. The molecule has 1 aromatic carbocycles. The highest BCUT2D eigenvalue weighted by Crippen LogP contribution is 2.30. The lowest BCUT2D eigenvalue weighted by Gasteiger charge is -2.30. The van der Waals surface area contributed by atoms with E-state index >= 15 is 0 Å². The fourth-order valence-electron chi connectivity index (χ4n) is 2.64. The first-order valence-corrected chi connectivity index (χ1v) is 8.19. The Bertz CT molecular complexity index is 584. The Morgan fingerprint density at radius 1 is 1.21 bits per heavy atom. The number of hydrogen-bond acceptors (Lipinski definition) is 4. The van der Waals surface area contributed by atoms with Crippen molar-refractivity contribution in [1.82, 2.24) is 4.90 Å². The van der Waals surface area contributed by atoms with E-state index in [1.807, 2.05) is 12.1 Å². The van der Waals surface area contributed by atoms with Crippen molar-refractivity contribution in [2.24, 2.45) is 11.7 Å². The van der Waals surface area contributed by atoms with Crippen LogP contribution in [-0.2, 0) is 9.59 Å². The van der Waals surface area contributed by atoms with Gasteiger partial charge in [-0.1, -0.05) is 6.07 Å². The Kier molecular flexibility index (Phi) is 6.45. The quantitative estimate of drug-likeness (QED) is 0.845. The summed E-state index contributed by atoms with van der Waals surface area (Å²) in [6.45, 7) is 1.40. The zero-order valence-corrected chi connectivity index (χ0v) is 14.4. The van der Waals surface area contributed by atoms with Gasteiger partial charge in [0.1, 0.15) is 5.75 Å². The van der Waals surface area contributed by atoms with E-state index < -0.39 is 0 Å². The molecule has 7 heteroatoms. The number of benzene rings is 1. The van der Waals surface area contributed by atoms with Gasteiger partial charge in [-0.25, -0.2) is 0 Å². The molecule has 0 radical (unpaired) electrons. The maximum Gasteiger partial charge on any atom is 0.260 e. The van der Waals surface area contributed by atoms with E-state index in [9.17, 15) is 9.59 Å². The molecule has 2 amide bonds. The largest absolute Gasteiger partial charge is 0.484 e. The van der Waals surface area contributed by atoms with Gasteiger partial charge in [0.2, 0.25) is 5.91 Å². The summed E-state index contributed by atoms with van der Waals surface area (Å²) in [5.41, 5.74) is 6.54. The molecule has 2 aliphatic rings. The molecule has 6 nitrogen and oxygen atoms in total. The summed E-state index contributed by atoms with van der Waals surface area (Å²) in [6, 6.07) is 7.36. The molecule has 1 saturated heterocycles. The monoisotopic (exact) mass is 353 g/mol. The van der Waals surface area contributed by atoms with E-state index in [1.165, 1.54) is 0 Å². The highest BCUT2D eigenvalue weighted by atomic mass is 35.5. The molecule has 0 atom stereocenters. The molecule has 0 aromatic heterocycles. The maximum absolute atomic E-state index is 12.1. The van der Waals surface area contributed by atoms with Crippen LogP contribution in [0.5, 0.6) is 5.75 Å². The Morgan fingerprint density at radius 3 is 2.58 bits per heavy atom. The van der Waals surface area contributed by atoms with Gasteiger partial charge >= 0.3 is 0 Å². The highest BCUT2D eigenvalue weighted by molar-refractivity contribution is 5.94. The van der Waals surface area contributed by atoms with E-state index in [4.69, 9.17) is 10.5 Å². The fraction of sp³-hybridized carbons (Fsp3) is 0.529. The lowest BCUT2D eigenvalue weighted by Crippen LogP contribution is -2.44. The second kappa shape index (κ2) is 8.35. The molecular formula is C17H24ClN3O3. The van der Waals surface area contributed by atoms with Crippen LogP contribution in [0.1, 0.15) is 25.7 Å².